The second kappa shape index (κ2) is 6.77. The van der Waals surface area contributed by atoms with E-state index in [1.807, 2.05) is 18.7 Å². The average molecular weight is 295 g/mol. The van der Waals surface area contributed by atoms with E-state index in [-0.39, 0.29) is 29.8 Å². The zero-order valence-electron chi connectivity index (χ0n) is 13.5. The first-order valence-electron chi connectivity index (χ1n) is 8.26. The third kappa shape index (κ3) is 3.96. The van der Waals surface area contributed by atoms with Gasteiger partial charge in [0.1, 0.15) is 0 Å². The van der Waals surface area contributed by atoms with E-state index in [0.29, 0.717) is 6.04 Å². The molecule has 0 aromatic heterocycles. The van der Waals surface area contributed by atoms with Gasteiger partial charge < -0.3 is 16.0 Å². The maximum Gasteiger partial charge on any atom is 0.237 e. The molecule has 5 heteroatoms. The predicted octanol–water partition coefficient (Wildman–Crippen LogP) is 1.41. The molecule has 0 aromatic rings. The van der Waals surface area contributed by atoms with Crippen LogP contribution in [-0.2, 0) is 9.59 Å². The summed E-state index contributed by atoms with van der Waals surface area (Å²) in [5.41, 5.74) is 5.94. The van der Waals surface area contributed by atoms with E-state index in [4.69, 9.17) is 5.73 Å². The van der Waals surface area contributed by atoms with Crippen molar-refractivity contribution < 1.29 is 9.59 Å². The second-order valence-corrected chi connectivity index (χ2v) is 6.89. The molecular formula is C16H29N3O2. The van der Waals surface area contributed by atoms with Crippen molar-refractivity contribution in [2.24, 2.45) is 11.7 Å². The summed E-state index contributed by atoms with van der Waals surface area (Å²) in [6.07, 6.45) is 6.36. The molecule has 0 bridgehead atoms. The number of rotatable bonds is 5. The molecule has 3 unspecified atom stereocenters. The first kappa shape index (κ1) is 16.3. The third-order valence-electron chi connectivity index (χ3n) is 4.74. The van der Waals surface area contributed by atoms with Crippen LogP contribution in [0, 0.1) is 5.92 Å². The van der Waals surface area contributed by atoms with Crippen LogP contribution in [0.1, 0.15) is 59.3 Å². The molecule has 120 valence electrons. The first-order valence-corrected chi connectivity index (χ1v) is 8.26. The van der Waals surface area contributed by atoms with Crippen molar-refractivity contribution in [3.8, 4) is 0 Å². The molecule has 0 heterocycles. The van der Waals surface area contributed by atoms with Crippen LogP contribution in [0.15, 0.2) is 0 Å². The largest absolute Gasteiger partial charge is 0.350 e. The highest BCUT2D eigenvalue weighted by Gasteiger charge is 2.40. The van der Waals surface area contributed by atoms with Gasteiger partial charge in [-0.25, -0.2) is 0 Å². The highest BCUT2D eigenvalue weighted by atomic mass is 16.2. The van der Waals surface area contributed by atoms with Gasteiger partial charge in [-0.05, 0) is 31.6 Å². The molecule has 5 nitrogen and oxygen atoms in total. The molecule has 2 amide bonds. The van der Waals surface area contributed by atoms with E-state index in [1.54, 1.807) is 6.92 Å². The van der Waals surface area contributed by atoms with Gasteiger partial charge in [0.15, 0.2) is 0 Å². The fourth-order valence-electron chi connectivity index (χ4n) is 3.31. The number of hydrogen-bond acceptors (Lipinski definition) is 3. The van der Waals surface area contributed by atoms with Crippen LogP contribution >= 0.6 is 0 Å². The summed E-state index contributed by atoms with van der Waals surface area (Å²) in [5.74, 6) is 0.178. The van der Waals surface area contributed by atoms with Crippen molar-refractivity contribution in [1.29, 1.82) is 0 Å². The highest BCUT2D eigenvalue weighted by molar-refractivity contribution is 5.82. The molecule has 0 radical (unpaired) electrons. The van der Waals surface area contributed by atoms with Crippen molar-refractivity contribution in [3.05, 3.63) is 0 Å². The van der Waals surface area contributed by atoms with Gasteiger partial charge in [-0.3, -0.25) is 9.59 Å². The lowest BCUT2D eigenvalue weighted by atomic mass is 9.88. The van der Waals surface area contributed by atoms with Crippen LogP contribution in [0.2, 0.25) is 0 Å². The number of nitrogens with two attached hydrogens (primary N) is 1. The van der Waals surface area contributed by atoms with Crippen molar-refractivity contribution in [2.75, 3.05) is 0 Å². The maximum absolute atomic E-state index is 12.2. The third-order valence-corrected chi connectivity index (χ3v) is 4.74. The number of nitrogens with one attached hydrogen (secondary N) is 1. The standard InChI is InChI=1S/C16H29N3O2/c1-10(2)15(17)16(21)18-13-6-4-5-7-14(13)19(11(3)20)12-8-9-12/h10,12-15H,4-9,17H2,1-3H3,(H,18,21). The van der Waals surface area contributed by atoms with E-state index >= 15 is 0 Å². The first-order chi connectivity index (χ1) is 9.91. The summed E-state index contributed by atoms with van der Waals surface area (Å²) in [5, 5.41) is 3.11. The number of nitrogens with zero attached hydrogens (tertiary/aromatic N) is 1. The fourth-order valence-corrected chi connectivity index (χ4v) is 3.31. The van der Waals surface area contributed by atoms with Crippen molar-refractivity contribution >= 4 is 11.8 Å². The molecule has 2 rings (SSSR count). The van der Waals surface area contributed by atoms with Gasteiger partial charge in [0.2, 0.25) is 11.8 Å². The normalized spacial score (nSPS) is 27.3. The van der Waals surface area contributed by atoms with Crippen molar-refractivity contribution in [3.63, 3.8) is 0 Å². The zero-order valence-corrected chi connectivity index (χ0v) is 13.5. The van der Waals surface area contributed by atoms with Crippen LogP contribution in [0.25, 0.3) is 0 Å². The zero-order chi connectivity index (χ0) is 15.6. The minimum absolute atomic E-state index is 0.0561. The van der Waals surface area contributed by atoms with Gasteiger partial charge in [-0.15, -0.1) is 0 Å². The van der Waals surface area contributed by atoms with Crippen LogP contribution in [0.4, 0.5) is 0 Å². The summed E-state index contributed by atoms with van der Waals surface area (Å²) in [6.45, 7) is 5.55. The topological polar surface area (TPSA) is 75.4 Å². The molecular weight excluding hydrogens is 266 g/mol. The van der Waals surface area contributed by atoms with Gasteiger partial charge in [-0.2, -0.15) is 0 Å². The average Bonchev–Trinajstić information content (AvgIpc) is 3.24. The summed E-state index contributed by atoms with van der Waals surface area (Å²) in [7, 11) is 0. The Bertz CT molecular complexity index is 393. The van der Waals surface area contributed by atoms with Crippen LogP contribution in [0.5, 0.6) is 0 Å². The van der Waals surface area contributed by atoms with E-state index < -0.39 is 6.04 Å². The lowest BCUT2D eigenvalue weighted by molar-refractivity contribution is -0.135. The van der Waals surface area contributed by atoms with Gasteiger partial charge in [0.05, 0.1) is 12.1 Å². The molecule has 0 saturated heterocycles. The van der Waals surface area contributed by atoms with Crippen LogP contribution in [0.3, 0.4) is 0 Å². The summed E-state index contributed by atoms with van der Waals surface area (Å²) in [6, 6.07) is 0.121. The number of amides is 2. The Kier molecular flexibility index (Phi) is 5.25. The van der Waals surface area contributed by atoms with Gasteiger partial charge in [0.25, 0.3) is 0 Å². The maximum atomic E-state index is 12.2. The Morgan fingerprint density at radius 2 is 1.76 bits per heavy atom. The highest BCUT2D eigenvalue weighted by Crippen LogP contribution is 2.34. The number of hydrogen-bond donors (Lipinski definition) is 2. The SMILES string of the molecule is CC(=O)N(C1CC1)C1CCCCC1NC(=O)C(N)C(C)C. The van der Waals surface area contributed by atoms with Gasteiger partial charge in [-0.1, -0.05) is 26.7 Å². The monoisotopic (exact) mass is 295 g/mol. The summed E-state index contributed by atoms with van der Waals surface area (Å²) >= 11 is 0. The van der Waals surface area contributed by atoms with Gasteiger partial charge >= 0.3 is 0 Å². The Labute approximate surface area is 127 Å². The van der Waals surface area contributed by atoms with Crippen LogP contribution < -0.4 is 11.1 Å². The van der Waals surface area contributed by atoms with E-state index in [1.165, 1.54) is 0 Å². The molecule has 2 saturated carbocycles. The van der Waals surface area contributed by atoms with Crippen LogP contribution in [-0.4, -0.2) is 40.9 Å². The number of carbonyl (C=O) groups is 2. The smallest absolute Gasteiger partial charge is 0.237 e. The molecule has 3 atom stereocenters. The molecule has 21 heavy (non-hydrogen) atoms. The second-order valence-electron chi connectivity index (χ2n) is 6.89. The molecule has 2 fully saturated rings. The Balaban J connectivity index is 2.04. The predicted molar refractivity (Wildman–Crippen MR) is 82.5 cm³/mol. The Hall–Kier alpha value is -1.10. The Morgan fingerprint density at radius 3 is 2.29 bits per heavy atom. The lowest BCUT2D eigenvalue weighted by Gasteiger charge is -2.40. The van der Waals surface area contributed by atoms with E-state index in [9.17, 15) is 9.59 Å². The molecule has 0 spiro atoms. The molecule has 2 aliphatic rings. The minimum Gasteiger partial charge on any atom is -0.350 e. The quantitative estimate of drug-likeness (QED) is 0.805. The molecule has 0 aliphatic heterocycles. The molecule has 0 aromatic carbocycles. The van der Waals surface area contributed by atoms with E-state index in [0.717, 1.165) is 38.5 Å². The van der Waals surface area contributed by atoms with E-state index in [2.05, 4.69) is 5.32 Å². The van der Waals surface area contributed by atoms with Gasteiger partial charge in [0, 0.05) is 19.0 Å². The van der Waals surface area contributed by atoms with Crippen molar-refractivity contribution in [1.82, 2.24) is 10.2 Å². The summed E-state index contributed by atoms with van der Waals surface area (Å²) in [4.78, 5) is 26.2. The summed E-state index contributed by atoms with van der Waals surface area (Å²) < 4.78 is 0. The molecule has 2 aliphatic carbocycles. The molecule has 3 N–H and O–H groups in total. The fraction of sp³-hybridized carbons (Fsp3) is 0.875. The Morgan fingerprint density at radius 1 is 1.14 bits per heavy atom. The lowest BCUT2D eigenvalue weighted by Crippen LogP contribution is -2.58. The van der Waals surface area contributed by atoms with Crippen molar-refractivity contribution in [2.45, 2.75) is 83.5 Å². The number of carbonyl (C=O) groups excluding carboxylic acids is 2. The minimum atomic E-state index is -0.473.